The molecular formula is C20H26N2O4S. The minimum atomic E-state index is -3.31. The molecule has 0 bridgehead atoms. The lowest BCUT2D eigenvalue weighted by Gasteiger charge is -2.19. The molecule has 1 amide bonds. The zero-order valence-corrected chi connectivity index (χ0v) is 16.7. The zero-order chi connectivity index (χ0) is 19.9. The topological polar surface area (TPSA) is 75.7 Å². The van der Waals surface area contributed by atoms with Gasteiger partial charge in [0.15, 0.2) is 6.10 Å². The van der Waals surface area contributed by atoms with Gasteiger partial charge in [0.25, 0.3) is 5.91 Å². The highest BCUT2D eigenvalue weighted by Gasteiger charge is 2.18. The Balaban J connectivity index is 1.90. The van der Waals surface area contributed by atoms with Crippen LogP contribution in [0.5, 0.6) is 5.75 Å². The Morgan fingerprint density at radius 1 is 1.11 bits per heavy atom. The summed E-state index contributed by atoms with van der Waals surface area (Å²) in [6.45, 7) is 2.42. The third-order valence-electron chi connectivity index (χ3n) is 4.20. The average molecular weight is 391 g/mol. The first kappa shape index (κ1) is 20.8. The minimum absolute atomic E-state index is 0.161. The van der Waals surface area contributed by atoms with Crippen molar-refractivity contribution in [2.75, 3.05) is 24.2 Å². The van der Waals surface area contributed by atoms with Crippen molar-refractivity contribution < 1.29 is 17.9 Å². The number of anilines is 1. The standard InChI is InChI=1S/C20H26N2O4S/c1-4-19(20(23)21-15-14-16-8-6-5-7-9-16)26-18-12-10-17(11-13-18)22(2)27(3,24)25/h5-13,19H,4,14-15H2,1-3H3,(H,21,23)/t19-/m0/s1. The number of nitrogens with one attached hydrogen (secondary N) is 1. The van der Waals surface area contributed by atoms with Crippen molar-refractivity contribution in [2.45, 2.75) is 25.9 Å². The van der Waals surface area contributed by atoms with E-state index in [1.165, 1.54) is 11.4 Å². The van der Waals surface area contributed by atoms with Gasteiger partial charge in [0, 0.05) is 13.6 Å². The maximum absolute atomic E-state index is 12.4. The van der Waals surface area contributed by atoms with Crippen LogP contribution in [0.3, 0.4) is 0 Å². The van der Waals surface area contributed by atoms with Crippen molar-refractivity contribution in [1.82, 2.24) is 5.32 Å². The molecule has 0 saturated carbocycles. The van der Waals surface area contributed by atoms with Crippen LogP contribution in [-0.2, 0) is 21.2 Å². The molecule has 7 heteroatoms. The Morgan fingerprint density at radius 2 is 1.74 bits per heavy atom. The number of carbonyl (C=O) groups excluding carboxylic acids is 1. The van der Waals surface area contributed by atoms with Crippen LogP contribution in [0.1, 0.15) is 18.9 Å². The van der Waals surface area contributed by atoms with Crippen LogP contribution in [0, 0.1) is 0 Å². The highest BCUT2D eigenvalue weighted by atomic mass is 32.2. The molecule has 1 atom stereocenters. The van der Waals surface area contributed by atoms with Gasteiger partial charge in [0.05, 0.1) is 11.9 Å². The Bertz CT molecular complexity index is 836. The molecule has 0 aliphatic carbocycles. The Morgan fingerprint density at radius 3 is 2.30 bits per heavy atom. The molecule has 2 aromatic rings. The van der Waals surface area contributed by atoms with Crippen molar-refractivity contribution in [3.05, 3.63) is 60.2 Å². The number of ether oxygens (including phenoxy) is 1. The van der Waals surface area contributed by atoms with Crippen molar-refractivity contribution in [1.29, 1.82) is 0 Å². The summed E-state index contributed by atoms with van der Waals surface area (Å²) in [4.78, 5) is 12.4. The summed E-state index contributed by atoms with van der Waals surface area (Å²) >= 11 is 0. The third kappa shape index (κ3) is 6.29. The molecule has 146 valence electrons. The quantitative estimate of drug-likeness (QED) is 0.714. The van der Waals surface area contributed by atoms with Gasteiger partial charge in [-0.2, -0.15) is 0 Å². The SMILES string of the molecule is CC[C@H](Oc1ccc(N(C)S(C)(=O)=O)cc1)C(=O)NCCc1ccccc1. The average Bonchev–Trinajstić information content (AvgIpc) is 2.66. The summed E-state index contributed by atoms with van der Waals surface area (Å²) in [5.41, 5.74) is 1.70. The van der Waals surface area contributed by atoms with E-state index < -0.39 is 16.1 Å². The van der Waals surface area contributed by atoms with Crippen LogP contribution in [0.15, 0.2) is 54.6 Å². The second kappa shape index (κ2) is 9.41. The van der Waals surface area contributed by atoms with Crippen LogP contribution in [0.2, 0.25) is 0 Å². The predicted octanol–water partition coefficient (Wildman–Crippen LogP) is 2.60. The van der Waals surface area contributed by atoms with E-state index >= 15 is 0 Å². The summed E-state index contributed by atoms with van der Waals surface area (Å²) in [5.74, 6) is 0.358. The van der Waals surface area contributed by atoms with Crippen LogP contribution >= 0.6 is 0 Å². The first-order valence-electron chi connectivity index (χ1n) is 8.83. The lowest BCUT2D eigenvalue weighted by molar-refractivity contribution is -0.128. The van der Waals surface area contributed by atoms with Crippen LogP contribution in [0.25, 0.3) is 0 Å². The number of hydrogen-bond acceptors (Lipinski definition) is 4. The Hall–Kier alpha value is -2.54. The fourth-order valence-electron chi connectivity index (χ4n) is 2.50. The summed E-state index contributed by atoms with van der Waals surface area (Å²) in [6.07, 6.45) is 1.83. The molecule has 0 fully saturated rings. The molecule has 2 aromatic carbocycles. The van der Waals surface area contributed by atoms with Crippen molar-refractivity contribution in [3.63, 3.8) is 0 Å². The van der Waals surface area contributed by atoms with Gasteiger partial charge in [-0.25, -0.2) is 8.42 Å². The van der Waals surface area contributed by atoms with Crippen molar-refractivity contribution in [2.24, 2.45) is 0 Å². The number of amides is 1. The molecule has 0 radical (unpaired) electrons. The maximum Gasteiger partial charge on any atom is 0.261 e. The summed E-state index contributed by atoms with van der Waals surface area (Å²) < 4.78 is 30.1. The van der Waals surface area contributed by atoms with Gasteiger partial charge >= 0.3 is 0 Å². The van der Waals surface area contributed by atoms with Gasteiger partial charge < -0.3 is 10.1 Å². The molecular weight excluding hydrogens is 364 g/mol. The molecule has 2 rings (SSSR count). The number of carbonyl (C=O) groups is 1. The minimum Gasteiger partial charge on any atom is -0.481 e. The molecule has 0 aromatic heterocycles. The normalized spacial score (nSPS) is 12.3. The zero-order valence-electron chi connectivity index (χ0n) is 15.9. The van der Waals surface area contributed by atoms with E-state index in [1.807, 2.05) is 37.3 Å². The van der Waals surface area contributed by atoms with Crippen molar-refractivity contribution >= 4 is 21.6 Å². The second-order valence-electron chi connectivity index (χ2n) is 6.27. The number of nitrogens with zero attached hydrogens (tertiary/aromatic N) is 1. The number of sulfonamides is 1. The Labute approximate surface area is 161 Å². The molecule has 0 aliphatic heterocycles. The third-order valence-corrected chi connectivity index (χ3v) is 5.40. The van der Waals surface area contributed by atoms with Crippen LogP contribution in [0.4, 0.5) is 5.69 Å². The van der Waals surface area contributed by atoms with E-state index in [4.69, 9.17) is 4.74 Å². The van der Waals surface area contributed by atoms with E-state index in [0.717, 1.165) is 18.2 Å². The monoisotopic (exact) mass is 390 g/mol. The summed E-state index contributed by atoms with van der Waals surface area (Å²) in [7, 11) is -1.83. The molecule has 1 N–H and O–H groups in total. The molecule has 0 unspecified atom stereocenters. The first-order chi connectivity index (χ1) is 12.8. The predicted molar refractivity (Wildman–Crippen MR) is 108 cm³/mol. The molecule has 6 nitrogen and oxygen atoms in total. The number of benzene rings is 2. The van der Waals surface area contributed by atoms with E-state index in [0.29, 0.717) is 24.4 Å². The van der Waals surface area contributed by atoms with Gasteiger partial charge in [0.2, 0.25) is 10.0 Å². The van der Waals surface area contributed by atoms with E-state index in [2.05, 4.69) is 5.32 Å². The van der Waals surface area contributed by atoms with Gasteiger partial charge in [0.1, 0.15) is 5.75 Å². The smallest absolute Gasteiger partial charge is 0.261 e. The molecule has 0 spiro atoms. The lowest BCUT2D eigenvalue weighted by atomic mass is 10.1. The van der Waals surface area contributed by atoms with E-state index in [9.17, 15) is 13.2 Å². The van der Waals surface area contributed by atoms with Gasteiger partial charge in [-0.05, 0) is 42.7 Å². The van der Waals surface area contributed by atoms with Crippen LogP contribution in [-0.4, -0.2) is 40.3 Å². The highest BCUT2D eigenvalue weighted by Crippen LogP contribution is 2.21. The number of hydrogen-bond donors (Lipinski definition) is 1. The fraction of sp³-hybridized carbons (Fsp3) is 0.350. The van der Waals surface area contributed by atoms with Gasteiger partial charge in [-0.15, -0.1) is 0 Å². The fourth-order valence-corrected chi connectivity index (χ4v) is 3.01. The summed E-state index contributed by atoms with van der Waals surface area (Å²) in [5, 5.41) is 2.90. The van der Waals surface area contributed by atoms with E-state index in [-0.39, 0.29) is 5.91 Å². The number of rotatable bonds is 9. The molecule has 0 saturated heterocycles. The van der Waals surface area contributed by atoms with E-state index in [1.54, 1.807) is 24.3 Å². The van der Waals surface area contributed by atoms with Crippen LogP contribution < -0.4 is 14.4 Å². The molecule has 0 aliphatic rings. The second-order valence-corrected chi connectivity index (χ2v) is 8.28. The molecule has 0 heterocycles. The largest absolute Gasteiger partial charge is 0.481 e. The summed E-state index contributed by atoms with van der Waals surface area (Å²) in [6, 6.07) is 16.6. The van der Waals surface area contributed by atoms with Gasteiger partial charge in [-0.3, -0.25) is 9.10 Å². The first-order valence-corrected chi connectivity index (χ1v) is 10.7. The van der Waals surface area contributed by atoms with Crippen molar-refractivity contribution in [3.8, 4) is 5.75 Å². The van der Waals surface area contributed by atoms with Gasteiger partial charge in [-0.1, -0.05) is 37.3 Å². The Kier molecular flexibility index (Phi) is 7.24. The lowest BCUT2D eigenvalue weighted by Crippen LogP contribution is -2.38. The maximum atomic E-state index is 12.4. The molecule has 27 heavy (non-hydrogen) atoms. The highest BCUT2D eigenvalue weighted by molar-refractivity contribution is 7.92.